The number of rotatable bonds is 4. The van der Waals surface area contributed by atoms with E-state index in [-0.39, 0.29) is 6.10 Å². The summed E-state index contributed by atoms with van der Waals surface area (Å²) in [5.41, 5.74) is 0.946. The summed E-state index contributed by atoms with van der Waals surface area (Å²) in [6.45, 7) is 4.02. The van der Waals surface area contributed by atoms with Crippen molar-refractivity contribution >= 4 is 11.3 Å². The summed E-state index contributed by atoms with van der Waals surface area (Å²) in [5, 5.41) is 9.28. The Bertz CT molecular complexity index is 689. The Kier molecular flexibility index (Phi) is 3.52. The van der Waals surface area contributed by atoms with Crippen LogP contribution >= 0.6 is 11.3 Å². The first-order valence-electron chi connectivity index (χ1n) is 6.46. The first-order valence-corrected chi connectivity index (χ1v) is 7.34. The molecule has 2 heterocycles. The Morgan fingerprint density at radius 2 is 2.10 bits per heavy atom. The van der Waals surface area contributed by atoms with E-state index >= 15 is 0 Å². The second kappa shape index (κ2) is 5.46. The Morgan fingerprint density at radius 3 is 2.85 bits per heavy atom. The number of ether oxygens (including phenoxy) is 1. The summed E-state index contributed by atoms with van der Waals surface area (Å²) in [5.74, 6) is 2.31. The van der Waals surface area contributed by atoms with Crippen LogP contribution in [0.3, 0.4) is 0 Å². The minimum Gasteiger partial charge on any atom is -0.491 e. The lowest BCUT2D eigenvalue weighted by molar-refractivity contribution is 0.242. The molecule has 0 unspecified atom stereocenters. The van der Waals surface area contributed by atoms with E-state index in [4.69, 9.17) is 4.74 Å². The van der Waals surface area contributed by atoms with Crippen LogP contribution in [-0.2, 0) is 0 Å². The molecule has 0 spiro atoms. The third kappa shape index (κ3) is 2.72. The summed E-state index contributed by atoms with van der Waals surface area (Å²) in [6.07, 6.45) is 0.152. The van der Waals surface area contributed by atoms with Crippen LogP contribution in [0, 0.1) is 0 Å². The number of benzene rings is 1. The molecule has 3 rings (SSSR count). The van der Waals surface area contributed by atoms with Crippen LogP contribution in [0.15, 0.2) is 41.8 Å². The van der Waals surface area contributed by atoms with Crippen molar-refractivity contribution in [2.24, 2.45) is 0 Å². The van der Waals surface area contributed by atoms with Crippen LogP contribution in [0.4, 0.5) is 0 Å². The zero-order valence-electron chi connectivity index (χ0n) is 11.3. The molecule has 0 aliphatic carbocycles. The number of H-pyrrole nitrogens is 1. The highest BCUT2D eigenvalue weighted by atomic mass is 32.1. The molecule has 0 aliphatic heterocycles. The number of nitrogens with zero attached hydrogens (tertiary/aromatic N) is 2. The summed E-state index contributed by atoms with van der Waals surface area (Å²) < 4.78 is 5.69. The predicted molar refractivity (Wildman–Crippen MR) is 80.9 cm³/mol. The third-order valence-electron chi connectivity index (χ3n) is 2.70. The highest BCUT2D eigenvalue weighted by molar-refractivity contribution is 7.13. The van der Waals surface area contributed by atoms with Crippen LogP contribution in [-0.4, -0.2) is 21.3 Å². The van der Waals surface area contributed by atoms with Gasteiger partial charge < -0.3 is 4.74 Å². The number of aromatic amines is 1. The smallest absolute Gasteiger partial charge is 0.181 e. The van der Waals surface area contributed by atoms with Crippen LogP contribution in [0.5, 0.6) is 5.75 Å². The fraction of sp³-hybridized carbons (Fsp3) is 0.200. The molecule has 4 nitrogen and oxygen atoms in total. The second-order valence-corrected chi connectivity index (χ2v) is 5.63. The maximum atomic E-state index is 5.69. The van der Waals surface area contributed by atoms with E-state index < -0.39 is 0 Å². The molecule has 102 valence electrons. The number of hydrogen-bond acceptors (Lipinski definition) is 4. The van der Waals surface area contributed by atoms with Crippen molar-refractivity contribution in [1.82, 2.24) is 15.2 Å². The fourth-order valence-electron chi connectivity index (χ4n) is 1.90. The molecule has 0 saturated carbocycles. The molecular formula is C15H15N3OS. The van der Waals surface area contributed by atoms with E-state index in [0.717, 1.165) is 22.0 Å². The molecule has 1 N–H and O–H groups in total. The minimum atomic E-state index is 0.152. The number of aromatic nitrogens is 3. The lowest BCUT2D eigenvalue weighted by atomic mass is 10.2. The summed E-state index contributed by atoms with van der Waals surface area (Å²) in [6, 6.07) is 11.9. The Hall–Kier alpha value is -2.14. The van der Waals surface area contributed by atoms with Crippen molar-refractivity contribution in [2.75, 3.05) is 0 Å². The average molecular weight is 285 g/mol. The van der Waals surface area contributed by atoms with Gasteiger partial charge in [0.05, 0.1) is 11.0 Å². The molecule has 0 aliphatic rings. The van der Waals surface area contributed by atoms with Gasteiger partial charge in [0.15, 0.2) is 11.6 Å². The van der Waals surface area contributed by atoms with E-state index in [2.05, 4.69) is 15.2 Å². The van der Waals surface area contributed by atoms with E-state index in [9.17, 15) is 0 Å². The molecule has 0 atom stereocenters. The van der Waals surface area contributed by atoms with E-state index in [1.807, 2.05) is 55.6 Å². The second-order valence-electron chi connectivity index (χ2n) is 4.68. The van der Waals surface area contributed by atoms with Gasteiger partial charge in [-0.25, -0.2) is 4.98 Å². The highest BCUT2D eigenvalue weighted by Gasteiger charge is 2.09. The monoisotopic (exact) mass is 285 g/mol. The van der Waals surface area contributed by atoms with Gasteiger partial charge in [0.1, 0.15) is 5.75 Å². The normalized spacial score (nSPS) is 10.9. The first-order chi connectivity index (χ1) is 9.72. The summed E-state index contributed by atoms with van der Waals surface area (Å²) in [4.78, 5) is 5.61. The lowest BCUT2D eigenvalue weighted by Crippen LogP contribution is -2.05. The van der Waals surface area contributed by atoms with Gasteiger partial charge in [-0.1, -0.05) is 18.2 Å². The van der Waals surface area contributed by atoms with Crippen molar-refractivity contribution in [2.45, 2.75) is 20.0 Å². The largest absolute Gasteiger partial charge is 0.491 e. The highest BCUT2D eigenvalue weighted by Crippen LogP contribution is 2.25. The van der Waals surface area contributed by atoms with Crippen molar-refractivity contribution < 1.29 is 4.74 Å². The molecular weight excluding hydrogens is 270 g/mol. The molecule has 0 amide bonds. The molecule has 0 radical (unpaired) electrons. The molecule has 2 aromatic heterocycles. The molecule has 0 bridgehead atoms. The van der Waals surface area contributed by atoms with Gasteiger partial charge in [-0.3, -0.25) is 5.10 Å². The predicted octanol–water partition coefficient (Wildman–Crippen LogP) is 3.99. The van der Waals surface area contributed by atoms with Crippen LogP contribution in [0.1, 0.15) is 13.8 Å². The van der Waals surface area contributed by atoms with E-state index in [1.165, 1.54) is 0 Å². The van der Waals surface area contributed by atoms with Gasteiger partial charge in [0.2, 0.25) is 0 Å². The standard InChI is InChI=1S/C15H15N3OS/c1-10(2)19-12-6-3-5-11(9-12)14-16-15(18-17-14)13-7-4-8-20-13/h3-10H,1-2H3,(H,16,17,18). The zero-order valence-corrected chi connectivity index (χ0v) is 12.1. The van der Waals surface area contributed by atoms with Gasteiger partial charge in [0, 0.05) is 5.56 Å². The van der Waals surface area contributed by atoms with Crippen LogP contribution in [0.2, 0.25) is 0 Å². The molecule has 0 saturated heterocycles. The van der Waals surface area contributed by atoms with E-state index in [1.54, 1.807) is 11.3 Å². The van der Waals surface area contributed by atoms with Gasteiger partial charge >= 0.3 is 0 Å². The summed E-state index contributed by atoms with van der Waals surface area (Å²) >= 11 is 1.64. The third-order valence-corrected chi connectivity index (χ3v) is 3.58. The quantitative estimate of drug-likeness (QED) is 0.788. The topological polar surface area (TPSA) is 50.8 Å². The Labute approximate surface area is 121 Å². The average Bonchev–Trinajstić information content (AvgIpc) is 3.09. The fourth-order valence-corrected chi connectivity index (χ4v) is 2.56. The lowest BCUT2D eigenvalue weighted by Gasteiger charge is -2.09. The molecule has 3 aromatic rings. The van der Waals surface area contributed by atoms with Crippen molar-refractivity contribution in [3.63, 3.8) is 0 Å². The van der Waals surface area contributed by atoms with Gasteiger partial charge in [-0.05, 0) is 37.4 Å². The van der Waals surface area contributed by atoms with Crippen LogP contribution in [0.25, 0.3) is 22.1 Å². The molecule has 20 heavy (non-hydrogen) atoms. The van der Waals surface area contributed by atoms with Crippen molar-refractivity contribution in [3.8, 4) is 27.8 Å². The van der Waals surface area contributed by atoms with Crippen molar-refractivity contribution in [1.29, 1.82) is 0 Å². The van der Waals surface area contributed by atoms with Crippen molar-refractivity contribution in [3.05, 3.63) is 41.8 Å². The number of thiophene rings is 1. The van der Waals surface area contributed by atoms with E-state index in [0.29, 0.717) is 5.82 Å². The molecule has 0 fully saturated rings. The Balaban J connectivity index is 1.89. The van der Waals surface area contributed by atoms with Gasteiger partial charge in [-0.15, -0.1) is 11.3 Å². The minimum absolute atomic E-state index is 0.152. The van der Waals surface area contributed by atoms with Crippen LogP contribution < -0.4 is 4.74 Å². The van der Waals surface area contributed by atoms with Gasteiger partial charge in [-0.2, -0.15) is 5.10 Å². The maximum Gasteiger partial charge on any atom is 0.181 e. The van der Waals surface area contributed by atoms with Gasteiger partial charge in [0.25, 0.3) is 0 Å². The zero-order chi connectivity index (χ0) is 13.9. The molecule has 1 aromatic carbocycles. The number of nitrogens with one attached hydrogen (secondary N) is 1. The number of hydrogen-bond donors (Lipinski definition) is 1. The molecule has 5 heteroatoms. The maximum absolute atomic E-state index is 5.69. The Morgan fingerprint density at radius 1 is 1.20 bits per heavy atom. The first kappa shape index (κ1) is 12.9. The summed E-state index contributed by atoms with van der Waals surface area (Å²) in [7, 11) is 0. The SMILES string of the molecule is CC(C)Oc1cccc(-c2n[nH]c(-c3cccs3)n2)c1.